The number of halogens is 7. The maximum absolute atomic E-state index is 13.9. The van der Waals surface area contributed by atoms with Gasteiger partial charge in [-0.15, -0.1) is 26.3 Å². The Morgan fingerprint density at radius 2 is 0.837 bits per heavy atom. The van der Waals surface area contributed by atoms with E-state index in [4.69, 9.17) is 0 Å². The molecule has 0 unspecified atom stereocenters. The number of ether oxygens (including phenoxy) is 2. The van der Waals surface area contributed by atoms with E-state index in [0.29, 0.717) is 5.92 Å². The van der Waals surface area contributed by atoms with Crippen molar-refractivity contribution in [2.45, 2.75) is 141 Å². The first-order valence-electron chi connectivity index (χ1n) is 18.6. The molecule has 4 fully saturated rings. The number of hydrogen-bond donors (Lipinski definition) is 0. The third kappa shape index (κ3) is 11.5. The summed E-state index contributed by atoms with van der Waals surface area (Å²) in [5, 5.41) is 0. The fourth-order valence-corrected chi connectivity index (χ4v) is 9.28. The van der Waals surface area contributed by atoms with E-state index < -0.39 is 24.3 Å². The van der Waals surface area contributed by atoms with E-state index in [2.05, 4.69) is 23.3 Å². The zero-order chi connectivity index (χ0) is 35.2. The molecule has 0 aliphatic heterocycles. The molecule has 0 spiro atoms. The molecule has 4 aliphatic rings. The van der Waals surface area contributed by atoms with Crippen LogP contribution in [0, 0.1) is 41.3 Å². The molecule has 2 aromatic rings. The van der Waals surface area contributed by atoms with E-state index in [1.165, 1.54) is 82.4 Å². The topological polar surface area (TPSA) is 18.5 Å². The lowest BCUT2D eigenvalue weighted by Crippen LogP contribution is -2.24. The van der Waals surface area contributed by atoms with E-state index in [9.17, 15) is 30.7 Å². The second kappa shape index (κ2) is 16.7. The van der Waals surface area contributed by atoms with Crippen molar-refractivity contribution < 1.29 is 40.2 Å². The summed E-state index contributed by atoms with van der Waals surface area (Å²) < 4.78 is 94.9. The summed E-state index contributed by atoms with van der Waals surface area (Å²) in [5.41, 5.74) is 1.95. The molecule has 4 aliphatic carbocycles. The molecule has 0 atom stereocenters. The first kappa shape index (κ1) is 37.8. The lowest BCUT2D eigenvalue weighted by Gasteiger charge is -2.37. The zero-order valence-corrected chi connectivity index (χ0v) is 28.9. The van der Waals surface area contributed by atoms with Gasteiger partial charge in [0.15, 0.2) is 11.6 Å². The van der Waals surface area contributed by atoms with Gasteiger partial charge in [0.05, 0.1) is 0 Å². The molecule has 6 rings (SSSR count). The highest BCUT2D eigenvalue weighted by Crippen LogP contribution is 2.46. The Labute approximate surface area is 287 Å². The normalized spacial score (nSPS) is 31.3. The fourth-order valence-electron chi connectivity index (χ4n) is 9.28. The first-order valence-corrected chi connectivity index (χ1v) is 18.6. The number of hydrogen-bond acceptors (Lipinski definition) is 2. The van der Waals surface area contributed by atoms with Crippen LogP contribution in [-0.2, 0) is 0 Å². The average molecular weight is 699 g/mol. The van der Waals surface area contributed by atoms with Gasteiger partial charge in [-0.25, -0.2) is 4.39 Å². The van der Waals surface area contributed by atoms with E-state index in [1.54, 1.807) is 18.2 Å². The summed E-state index contributed by atoms with van der Waals surface area (Å²) in [6, 6.07) is 10.4. The Bertz CT molecular complexity index is 1280. The van der Waals surface area contributed by atoms with Crippen molar-refractivity contribution in [3.63, 3.8) is 0 Å². The molecule has 0 bridgehead atoms. The molecule has 2 nitrogen and oxygen atoms in total. The SMILES string of the molecule is CC1CCC(C2CCC(c3ccc(OC(F)(F)F)c(F)c3)CC2)CC1.CC1CCC(C2CCC(c3ccc(OC(F)(F)F)cc3)CC2)CC1. The lowest BCUT2D eigenvalue weighted by molar-refractivity contribution is -0.276. The molecular formula is C40H53F7O2. The summed E-state index contributed by atoms with van der Waals surface area (Å²) in [6.07, 6.45) is 10.5. The lowest BCUT2D eigenvalue weighted by atomic mass is 9.68. The molecule has 0 aromatic heterocycles. The van der Waals surface area contributed by atoms with Gasteiger partial charge < -0.3 is 9.47 Å². The van der Waals surface area contributed by atoms with Gasteiger partial charge in [0.1, 0.15) is 5.75 Å². The molecule has 0 amide bonds. The number of alkyl halides is 6. The molecule has 49 heavy (non-hydrogen) atoms. The van der Waals surface area contributed by atoms with Crippen LogP contribution in [0.5, 0.6) is 11.5 Å². The summed E-state index contributed by atoms with van der Waals surface area (Å²) in [7, 11) is 0. The van der Waals surface area contributed by atoms with Crippen molar-refractivity contribution in [1.82, 2.24) is 0 Å². The number of benzene rings is 2. The predicted molar refractivity (Wildman–Crippen MR) is 178 cm³/mol. The quantitative estimate of drug-likeness (QED) is 0.280. The van der Waals surface area contributed by atoms with E-state index in [-0.39, 0.29) is 11.7 Å². The van der Waals surface area contributed by atoms with Crippen molar-refractivity contribution in [2.75, 3.05) is 0 Å². The van der Waals surface area contributed by atoms with E-state index in [0.717, 1.165) is 91.2 Å². The minimum Gasteiger partial charge on any atom is -0.406 e. The van der Waals surface area contributed by atoms with Crippen LogP contribution in [0.25, 0.3) is 0 Å². The van der Waals surface area contributed by atoms with Gasteiger partial charge >= 0.3 is 12.7 Å². The van der Waals surface area contributed by atoms with Gasteiger partial charge in [-0.1, -0.05) is 57.7 Å². The summed E-state index contributed by atoms with van der Waals surface area (Å²) in [6.45, 7) is 4.69. The highest BCUT2D eigenvalue weighted by molar-refractivity contribution is 5.32. The standard InChI is InChI=1S/C20H26F4O.C20H27F3O/c1-13-2-4-14(5-3-13)15-6-8-16(9-7-15)17-10-11-19(18(21)12-17)25-20(22,23)24;1-14-2-4-15(5-3-14)16-6-8-17(9-7-16)18-10-12-19(13-11-18)24-20(21,22)23/h10-16H,2-9H2,1H3;10-17H,2-9H2,1H3. The van der Waals surface area contributed by atoms with Crippen molar-refractivity contribution in [2.24, 2.45) is 35.5 Å². The molecule has 0 saturated heterocycles. The maximum atomic E-state index is 13.9. The Morgan fingerprint density at radius 3 is 1.22 bits per heavy atom. The van der Waals surface area contributed by atoms with Crippen molar-refractivity contribution in [1.29, 1.82) is 0 Å². The minimum absolute atomic E-state index is 0.128. The third-order valence-electron chi connectivity index (χ3n) is 12.2. The molecule has 0 N–H and O–H groups in total. The largest absolute Gasteiger partial charge is 0.573 e. The fraction of sp³-hybridized carbons (Fsp3) is 0.700. The van der Waals surface area contributed by atoms with Crippen LogP contribution < -0.4 is 9.47 Å². The van der Waals surface area contributed by atoms with Crippen LogP contribution in [0.4, 0.5) is 30.7 Å². The number of rotatable bonds is 6. The van der Waals surface area contributed by atoms with Crippen LogP contribution >= 0.6 is 0 Å². The second-order valence-electron chi connectivity index (χ2n) is 15.6. The minimum atomic E-state index is -4.86. The molecule has 9 heteroatoms. The Morgan fingerprint density at radius 1 is 0.469 bits per heavy atom. The summed E-state index contributed by atoms with van der Waals surface area (Å²) >= 11 is 0. The highest BCUT2D eigenvalue weighted by atomic mass is 19.4. The molecule has 274 valence electrons. The Kier molecular flexibility index (Phi) is 12.9. The van der Waals surface area contributed by atoms with E-state index >= 15 is 0 Å². The van der Waals surface area contributed by atoms with Gasteiger partial charge in [-0.3, -0.25) is 0 Å². The summed E-state index contributed by atoms with van der Waals surface area (Å²) in [4.78, 5) is 0. The maximum Gasteiger partial charge on any atom is 0.573 e. The van der Waals surface area contributed by atoms with Gasteiger partial charge in [0, 0.05) is 0 Å². The smallest absolute Gasteiger partial charge is 0.406 e. The van der Waals surface area contributed by atoms with Crippen LogP contribution in [0.1, 0.15) is 140 Å². The first-order chi connectivity index (χ1) is 23.2. The predicted octanol–water partition coefficient (Wildman–Crippen LogP) is 13.5. The Hall–Kier alpha value is -2.45. The van der Waals surface area contributed by atoms with Gasteiger partial charge in [-0.05, 0) is 160 Å². The molecular weight excluding hydrogens is 645 g/mol. The molecule has 0 heterocycles. The van der Waals surface area contributed by atoms with Gasteiger partial charge in [-0.2, -0.15) is 0 Å². The molecule has 0 radical (unpaired) electrons. The zero-order valence-electron chi connectivity index (χ0n) is 28.9. The average Bonchev–Trinajstić information content (AvgIpc) is 3.06. The van der Waals surface area contributed by atoms with E-state index in [1.807, 2.05) is 0 Å². The highest BCUT2D eigenvalue weighted by Gasteiger charge is 2.35. The van der Waals surface area contributed by atoms with Gasteiger partial charge in [0.25, 0.3) is 0 Å². The van der Waals surface area contributed by atoms with Crippen LogP contribution in [0.3, 0.4) is 0 Å². The van der Waals surface area contributed by atoms with Crippen molar-refractivity contribution >= 4 is 0 Å². The van der Waals surface area contributed by atoms with Gasteiger partial charge in [0.2, 0.25) is 0 Å². The Balaban J connectivity index is 0.000000191. The van der Waals surface area contributed by atoms with Crippen LogP contribution in [-0.4, -0.2) is 12.7 Å². The van der Waals surface area contributed by atoms with Crippen LogP contribution in [0.15, 0.2) is 42.5 Å². The van der Waals surface area contributed by atoms with Crippen LogP contribution in [0.2, 0.25) is 0 Å². The third-order valence-corrected chi connectivity index (χ3v) is 12.2. The second-order valence-corrected chi connectivity index (χ2v) is 15.6. The van der Waals surface area contributed by atoms with Crippen molar-refractivity contribution in [3.8, 4) is 11.5 Å². The molecule has 4 saturated carbocycles. The summed E-state index contributed by atoms with van der Waals surface area (Å²) in [5.74, 6) is 4.04. The monoisotopic (exact) mass is 698 g/mol. The van der Waals surface area contributed by atoms with Crippen molar-refractivity contribution in [3.05, 3.63) is 59.4 Å². The molecule has 2 aromatic carbocycles.